The number of esters is 1. The lowest BCUT2D eigenvalue weighted by Crippen LogP contribution is -2.22. The highest BCUT2D eigenvalue weighted by atomic mass is 35.5. The Morgan fingerprint density at radius 2 is 1.76 bits per heavy atom. The summed E-state index contributed by atoms with van der Waals surface area (Å²) in [6.45, 7) is 3.66. The third-order valence-corrected chi connectivity index (χ3v) is 4.07. The number of halogens is 1. The van der Waals surface area contributed by atoms with Crippen molar-refractivity contribution in [1.29, 1.82) is 0 Å². The number of aryl methyl sites for hydroxylation is 2. The quantitative estimate of drug-likeness (QED) is 0.605. The molecular formula is C19H21ClN2O3. The Morgan fingerprint density at radius 3 is 2.32 bits per heavy atom. The molecule has 2 aromatic rings. The van der Waals surface area contributed by atoms with E-state index < -0.39 is 11.9 Å². The van der Waals surface area contributed by atoms with Crippen LogP contribution in [0.4, 0.5) is 11.4 Å². The van der Waals surface area contributed by atoms with Gasteiger partial charge in [-0.05, 0) is 42.2 Å². The Labute approximate surface area is 152 Å². The molecule has 0 radical (unpaired) electrons. The Balaban J connectivity index is 2.03. The molecule has 0 aromatic heterocycles. The van der Waals surface area contributed by atoms with Gasteiger partial charge in [0.1, 0.15) is 0 Å². The first-order valence-electron chi connectivity index (χ1n) is 8.09. The van der Waals surface area contributed by atoms with Crippen LogP contribution in [0.25, 0.3) is 0 Å². The maximum atomic E-state index is 12.2. The number of para-hydroxylation sites is 1. The molecule has 132 valence electrons. The second kappa shape index (κ2) is 8.53. The summed E-state index contributed by atoms with van der Waals surface area (Å²) < 4.78 is 5.06. The van der Waals surface area contributed by atoms with E-state index in [1.165, 1.54) is 12.1 Å². The average molecular weight is 361 g/mol. The number of nitrogens with two attached hydrogens (primary N) is 1. The molecule has 3 N–H and O–H groups in total. The number of hydrogen-bond donors (Lipinski definition) is 2. The molecule has 2 rings (SSSR count). The lowest BCUT2D eigenvalue weighted by atomic mass is 10.0. The highest BCUT2D eigenvalue weighted by Gasteiger charge is 2.15. The highest BCUT2D eigenvalue weighted by molar-refractivity contribution is 6.31. The second-order valence-electron chi connectivity index (χ2n) is 5.51. The van der Waals surface area contributed by atoms with Crippen molar-refractivity contribution < 1.29 is 14.3 Å². The van der Waals surface area contributed by atoms with E-state index in [2.05, 4.69) is 5.32 Å². The van der Waals surface area contributed by atoms with Gasteiger partial charge in [-0.2, -0.15) is 0 Å². The number of hydrogen-bond acceptors (Lipinski definition) is 4. The van der Waals surface area contributed by atoms with Crippen molar-refractivity contribution >= 4 is 34.9 Å². The van der Waals surface area contributed by atoms with Crippen LogP contribution in [0.5, 0.6) is 0 Å². The summed E-state index contributed by atoms with van der Waals surface area (Å²) in [7, 11) is 0. The zero-order valence-electron chi connectivity index (χ0n) is 14.3. The molecule has 0 bridgehead atoms. The van der Waals surface area contributed by atoms with Gasteiger partial charge in [-0.25, -0.2) is 4.79 Å². The topological polar surface area (TPSA) is 81.4 Å². The number of rotatable bonds is 6. The standard InChI is InChI=1S/C19H21ClN2O3/c1-3-12-6-5-7-13(4-2)18(12)22-17(23)11-25-19(24)15-9-8-14(20)10-16(15)21/h5-10H,3-4,11,21H2,1-2H3,(H,22,23). The lowest BCUT2D eigenvalue weighted by molar-refractivity contribution is -0.119. The lowest BCUT2D eigenvalue weighted by Gasteiger charge is -2.14. The van der Waals surface area contributed by atoms with Crippen molar-refractivity contribution in [3.63, 3.8) is 0 Å². The first-order valence-corrected chi connectivity index (χ1v) is 8.46. The first kappa shape index (κ1) is 18.8. The molecule has 0 spiro atoms. The number of ether oxygens (including phenoxy) is 1. The number of carbonyl (C=O) groups is 2. The Kier molecular flexibility index (Phi) is 6.42. The summed E-state index contributed by atoms with van der Waals surface area (Å²) in [5.41, 5.74) is 9.01. The summed E-state index contributed by atoms with van der Waals surface area (Å²) in [6, 6.07) is 10.4. The van der Waals surface area contributed by atoms with Crippen LogP contribution >= 0.6 is 11.6 Å². The van der Waals surface area contributed by atoms with Crippen LogP contribution in [0.15, 0.2) is 36.4 Å². The SMILES string of the molecule is CCc1cccc(CC)c1NC(=O)COC(=O)c1ccc(Cl)cc1N. The molecule has 0 saturated carbocycles. The van der Waals surface area contributed by atoms with Gasteiger partial charge in [0, 0.05) is 16.4 Å². The van der Waals surface area contributed by atoms with Gasteiger partial charge in [0.25, 0.3) is 5.91 Å². The van der Waals surface area contributed by atoms with Gasteiger partial charge in [0.2, 0.25) is 0 Å². The average Bonchev–Trinajstić information content (AvgIpc) is 2.59. The van der Waals surface area contributed by atoms with Crippen molar-refractivity contribution in [1.82, 2.24) is 0 Å². The molecule has 0 saturated heterocycles. The van der Waals surface area contributed by atoms with E-state index >= 15 is 0 Å². The molecule has 25 heavy (non-hydrogen) atoms. The molecule has 2 aromatic carbocycles. The smallest absolute Gasteiger partial charge is 0.340 e. The van der Waals surface area contributed by atoms with Gasteiger partial charge < -0.3 is 15.8 Å². The predicted molar refractivity (Wildman–Crippen MR) is 100.0 cm³/mol. The molecule has 0 aliphatic rings. The zero-order valence-corrected chi connectivity index (χ0v) is 15.0. The largest absolute Gasteiger partial charge is 0.452 e. The maximum Gasteiger partial charge on any atom is 0.340 e. The van der Waals surface area contributed by atoms with E-state index in [0.717, 1.165) is 29.7 Å². The van der Waals surface area contributed by atoms with Crippen LogP contribution in [0, 0.1) is 0 Å². The van der Waals surface area contributed by atoms with Crippen LogP contribution in [0.2, 0.25) is 5.02 Å². The first-order chi connectivity index (χ1) is 12.0. The van der Waals surface area contributed by atoms with E-state index in [9.17, 15) is 9.59 Å². The molecule has 5 nitrogen and oxygen atoms in total. The molecule has 0 aliphatic carbocycles. The van der Waals surface area contributed by atoms with E-state index in [-0.39, 0.29) is 17.9 Å². The van der Waals surface area contributed by atoms with Crippen molar-refractivity contribution in [3.05, 3.63) is 58.1 Å². The monoisotopic (exact) mass is 360 g/mol. The highest BCUT2D eigenvalue weighted by Crippen LogP contribution is 2.23. The van der Waals surface area contributed by atoms with Crippen LogP contribution in [0.1, 0.15) is 35.3 Å². The van der Waals surface area contributed by atoms with Crippen LogP contribution in [0.3, 0.4) is 0 Å². The van der Waals surface area contributed by atoms with E-state index in [4.69, 9.17) is 22.1 Å². The fourth-order valence-electron chi connectivity index (χ4n) is 2.51. The number of amides is 1. The van der Waals surface area contributed by atoms with Crippen molar-refractivity contribution in [3.8, 4) is 0 Å². The fraction of sp³-hybridized carbons (Fsp3) is 0.263. The number of nitrogen functional groups attached to an aromatic ring is 1. The second-order valence-corrected chi connectivity index (χ2v) is 5.95. The Morgan fingerprint density at radius 1 is 1.12 bits per heavy atom. The van der Waals surface area contributed by atoms with E-state index in [1.54, 1.807) is 6.07 Å². The molecule has 1 amide bonds. The van der Waals surface area contributed by atoms with Crippen LogP contribution in [-0.2, 0) is 22.4 Å². The summed E-state index contributed by atoms with van der Waals surface area (Å²) in [6.07, 6.45) is 1.59. The molecule has 0 atom stereocenters. The molecule has 0 unspecified atom stereocenters. The summed E-state index contributed by atoms with van der Waals surface area (Å²) in [4.78, 5) is 24.2. The molecule has 6 heteroatoms. The van der Waals surface area contributed by atoms with Gasteiger partial charge in [-0.3, -0.25) is 4.79 Å². The van der Waals surface area contributed by atoms with Gasteiger partial charge >= 0.3 is 5.97 Å². The zero-order chi connectivity index (χ0) is 18.4. The van der Waals surface area contributed by atoms with Crippen molar-refractivity contribution in [2.24, 2.45) is 0 Å². The van der Waals surface area contributed by atoms with Crippen molar-refractivity contribution in [2.75, 3.05) is 17.7 Å². The number of nitrogens with one attached hydrogen (secondary N) is 1. The predicted octanol–water partition coefficient (Wildman–Crippen LogP) is 3.84. The minimum absolute atomic E-state index is 0.181. The van der Waals surface area contributed by atoms with Crippen LogP contribution < -0.4 is 11.1 Å². The molecule has 0 heterocycles. The van der Waals surface area contributed by atoms with Gasteiger partial charge in [0.05, 0.1) is 5.56 Å². The summed E-state index contributed by atoms with van der Waals surface area (Å²) >= 11 is 5.80. The Hall–Kier alpha value is -2.53. The summed E-state index contributed by atoms with van der Waals surface area (Å²) in [5.74, 6) is -1.06. The van der Waals surface area contributed by atoms with Crippen LogP contribution in [-0.4, -0.2) is 18.5 Å². The van der Waals surface area contributed by atoms with Crippen molar-refractivity contribution in [2.45, 2.75) is 26.7 Å². The maximum absolute atomic E-state index is 12.2. The number of anilines is 2. The van der Waals surface area contributed by atoms with E-state index in [1.807, 2.05) is 32.0 Å². The third kappa shape index (κ3) is 4.73. The summed E-state index contributed by atoms with van der Waals surface area (Å²) in [5, 5.41) is 3.27. The van der Waals surface area contributed by atoms with E-state index in [0.29, 0.717) is 5.02 Å². The fourth-order valence-corrected chi connectivity index (χ4v) is 2.69. The number of carbonyl (C=O) groups excluding carboxylic acids is 2. The minimum atomic E-state index is -0.663. The van der Waals surface area contributed by atoms with Gasteiger partial charge in [0.15, 0.2) is 6.61 Å². The molecule has 0 aliphatic heterocycles. The molecular weight excluding hydrogens is 340 g/mol. The van der Waals surface area contributed by atoms with Gasteiger partial charge in [-0.15, -0.1) is 0 Å². The number of benzene rings is 2. The minimum Gasteiger partial charge on any atom is -0.452 e. The normalized spacial score (nSPS) is 10.4. The Bertz CT molecular complexity index is 768. The van der Waals surface area contributed by atoms with Gasteiger partial charge in [-0.1, -0.05) is 43.6 Å². The molecule has 0 fully saturated rings. The third-order valence-electron chi connectivity index (χ3n) is 3.83.